The molecule has 18 heavy (non-hydrogen) atoms. The lowest BCUT2D eigenvalue weighted by Crippen LogP contribution is -2.14. The third-order valence-corrected chi connectivity index (χ3v) is 2.95. The van der Waals surface area contributed by atoms with Crippen LogP contribution in [0.5, 0.6) is 0 Å². The quantitative estimate of drug-likeness (QED) is 0.626. The number of aryl methyl sites for hydroxylation is 1. The van der Waals surface area contributed by atoms with E-state index in [1.807, 2.05) is 19.9 Å². The monoisotopic (exact) mass is 314 g/mol. The fourth-order valence-corrected chi connectivity index (χ4v) is 2.21. The second-order valence-corrected chi connectivity index (χ2v) is 4.95. The van der Waals surface area contributed by atoms with Crippen LogP contribution in [0.4, 0.5) is 11.4 Å². The molecule has 1 rings (SSSR count). The number of halogens is 1. The van der Waals surface area contributed by atoms with Crippen LogP contribution in [0.3, 0.4) is 0 Å². The van der Waals surface area contributed by atoms with Gasteiger partial charge < -0.3 is 15.8 Å². The van der Waals surface area contributed by atoms with E-state index in [0.717, 1.165) is 16.5 Å². The van der Waals surface area contributed by atoms with Crippen LogP contribution in [0.2, 0.25) is 0 Å². The lowest BCUT2D eigenvalue weighted by molar-refractivity contribution is -0.116. The molecule has 0 fully saturated rings. The van der Waals surface area contributed by atoms with Crippen molar-refractivity contribution >= 4 is 33.2 Å². The molecule has 0 atom stereocenters. The minimum absolute atomic E-state index is 0.0353. The molecule has 0 aromatic heterocycles. The Morgan fingerprint density at radius 2 is 2.22 bits per heavy atom. The average molecular weight is 315 g/mol. The van der Waals surface area contributed by atoms with Crippen molar-refractivity contribution in [2.24, 2.45) is 0 Å². The van der Waals surface area contributed by atoms with Crippen LogP contribution in [0.1, 0.15) is 25.3 Å². The Morgan fingerprint density at radius 3 is 2.83 bits per heavy atom. The van der Waals surface area contributed by atoms with Crippen molar-refractivity contribution in [1.29, 1.82) is 0 Å². The van der Waals surface area contributed by atoms with Gasteiger partial charge in [-0.2, -0.15) is 0 Å². The third-order valence-electron chi connectivity index (χ3n) is 2.49. The number of hydrogen-bond acceptors (Lipinski definition) is 3. The predicted octanol–water partition coefficient (Wildman–Crippen LogP) is 3.09. The van der Waals surface area contributed by atoms with Crippen LogP contribution >= 0.6 is 15.9 Å². The molecular formula is C13H19BrN2O2. The van der Waals surface area contributed by atoms with Crippen molar-refractivity contribution in [3.63, 3.8) is 0 Å². The molecule has 5 heteroatoms. The zero-order valence-electron chi connectivity index (χ0n) is 10.8. The van der Waals surface area contributed by atoms with Gasteiger partial charge in [0.15, 0.2) is 0 Å². The van der Waals surface area contributed by atoms with Gasteiger partial charge in [-0.05, 0) is 38.0 Å². The lowest BCUT2D eigenvalue weighted by Gasteiger charge is -2.12. The maximum atomic E-state index is 11.7. The minimum Gasteiger partial charge on any atom is -0.397 e. The number of ether oxygens (including phenoxy) is 1. The molecule has 1 aromatic rings. The van der Waals surface area contributed by atoms with Gasteiger partial charge in [-0.1, -0.05) is 15.9 Å². The summed E-state index contributed by atoms with van der Waals surface area (Å²) in [6.45, 7) is 5.14. The fraction of sp³-hybridized carbons (Fsp3) is 0.462. The van der Waals surface area contributed by atoms with Crippen LogP contribution in [0.25, 0.3) is 0 Å². The van der Waals surface area contributed by atoms with Gasteiger partial charge in [0.2, 0.25) is 5.91 Å². The van der Waals surface area contributed by atoms with Crippen molar-refractivity contribution in [3.8, 4) is 0 Å². The molecule has 0 saturated heterocycles. The topological polar surface area (TPSA) is 64.3 Å². The van der Waals surface area contributed by atoms with E-state index in [0.29, 0.717) is 31.0 Å². The van der Waals surface area contributed by atoms with Gasteiger partial charge in [-0.25, -0.2) is 0 Å². The third kappa shape index (κ3) is 4.66. The molecule has 0 bridgehead atoms. The molecule has 0 heterocycles. The number of nitrogen functional groups attached to an aromatic ring is 1. The highest BCUT2D eigenvalue weighted by Crippen LogP contribution is 2.27. The van der Waals surface area contributed by atoms with E-state index >= 15 is 0 Å². The van der Waals surface area contributed by atoms with Gasteiger partial charge in [0.05, 0.1) is 11.4 Å². The van der Waals surface area contributed by atoms with Crippen molar-refractivity contribution < 1.29 is 9.53 Å². The standard InChI is InChI=1S/C13H19BrN2O2/c1-3-18-6-4-5-12(17)16-13-9(2)7-10(14)8-11(13)15/h7-8H,3-6,15H2,1-2H3,(H,16,17). The molecule has 0 aliphatic carbocycles. The van der Waals surface area contributed by atoms with Crippen molar-refractivity contribution in [2.75, 3.05) is 24.3 Å². The Hall–Kier alpha value is -1.07. The zero-order valence-corrected chi connectivity index (χ0v) is 12.3. The van der Waals surface area contributed by atoms with Gasteiger partial charge in [-0.3, -0.25) is 4.79 Å². The summed E-state index contributed by atoms with van der Waals surface area (Å²) in [5.41, 5.74) is 8.09. The van der Waals surface area contributed by atoms with Crippen LogP contribution in [0, 0.1) is 6.92 Å². The molecule has 4 nitrogen and oxygen atoms in total. The first kappa shape index (κ1) is 15.0. The molecule has 0 saturated carbocycles. The van der Waals surface area contributed by atoms with E-state index in [-0.39, 0.29) is 5.91 Å². The van der Waals surface area contributed by atoms with Crippen LogP contribution < -0.4 is 11.1 Å². The number of benzene rings is 1. The number of rotatable bonds is 6. The Balaban J connectivity index is 2.54. The average Bonchev–Trinajstić information content (AvgIpc) is 2.29. The molecule has 0 aliphatic rings. The highest BCUT2D eigenvalue weighted by atomic mass is 79.9. The molecule has 100 valence electrons. The summed E-state index contributed by atoms with van der Waals surface area (Å²) >= 11 is 3.36. The van der Waals surface area contributed by atoms with Crippen LogP contribution in [-0.4, -0.2) is 19.1 Å². The Bertz CT molecular complexity index is 398. The lowest BCUT2D eigenvalue weighted by atomic mass is 10.1. The highest BCUT2D eigenvalue weighted by Gasteiger charge is 2.08. The van der Waals surface area contributed by atoms with Crippen molar-refractivity contribution in [2.45, 2.75) is 26.7 Å². The number of anilines is 2. The summed E-state index contributed by atoms with van der Waals surface area (Å²) in [5, 5.41) is 2.84. The second kappa shape index (κ2) is 7.38. The van der Waals surface area contributed by atoms with Crippen LogP contribution in [0.15, 0.2) is 16.6 Å². The van der Waals surface area contributed by atoms with E-state index in [4.69, 9.17) is 10.5 Å². The number of hydrogen-bond donors (Lipinski definition) is 2. The van der Waals surface area contributed by atoms with Crippen molar-refractivity contribution in [3.05, 3.63) is 22.2 Å². The molecule has 0 spiro atoms. The second-order valence-electron chi connectivity index (χ2n) is 4.04. The summed E-state index contributed by atoms with van der Waals surface area (Å²) in [4.78, 5) is 11.7. The molecule has 0 aliphatic heterocycles. The Morgan fingerprint density at radius 1 is 1.50 bits per heavy atom. The summed E-state index contributed by atoms with van der Waals surface area (Å²) < 4.78 is 6.10. The maximum absolute atomic E-state index is 11.7. The molecule has 0 radical (unpaired) electrons. The van der Waals surface area contributed by atoms with Gasteiger partial charge in [0.25, 0.3) is 0 Å². The molecule has 3 N–H and O–H groups in total. The van der Waals surface area contributed by atoms with E-state index in [1.54, 1.807) is 6.07 Å². The summed E-state index contributed by atoms with van der Waals surface area (Å²) in [7, 11) is 0. The first-order valence-electron chi connectivity index (χ1n) is 5.97. The maximum Gasteiger partial charge on any atom is 0.224 e. The Labute approximate surface area is 116 Å². The number of carbonyl (C=O) groups excluding carboxylic acids is 1. The number of amides is 1. The van der Waals surface area contributed by atoms with E-state index in [2.05, 4.69) is 21.2 Å². The fourth-order valence-electron chi connectivity index (χ4n) is 1.62. The van der Waals surface area contributed by atoms with Crippen molar-refractivity contribution in [1.82, 2.24) is 0 Å². The number of carbonyl (C=O) groups is 1. The summed E-state index contributed by atoms with van der Waals surface area (Å²) in [6, 6.07) is 3.70. The Kier molecular flexibility index (Phi) is 6.15. The first-order chi connectivity index (χ1) is 8.54. The van der Waals surface area contributed by atoms with E-state index in [9.17, 15) is 4.79 Å². The minimum atomic E-state index is -0.0353. The molecule has 1 aromatic carbocycles. The van der Waals surface area contributed by atoms with Gasteiger partial charge >= 0.3 is 0 Å². The first-order valence-corrected chi connectivity index (χ1v) is 6.77. The molecular weight excluding hydrogens is 296 g/mol. The predicted molar refractivity (Wildman–Crippen MR) is 77.6 cm³/mol. The van der Waals surface area contributed by atoms with Crippen LogP contribution in [-0.2, 0) is 9.53 Å². The van der Waals surface area contributed by atoms with Gasteiger partial charge in [-0.15, -0.1) is 0 Å². The number of nitrogens with two attached hydrogens (primary N) is 1. The van der Waals surface area contributed by atoms with E-state index < -0.39 is 0 Å². The largest absolute Gasteiger partial charge is 0.397 e. The summed E-state index contributed by atoms with van der Waals surface area (Å²) in [5.74, 6) is -0.0353. The highest BCUT2D eigenvalue weighted by molar-refractivity contribution is 9.10. The molecule has 1 amide bonds. The smallest absolute Gasteiger partial charge is 0.224 e. The van der Waals surface area contributed by atoms with Gasteiger partial charge in [0, 0.05) is 24.1 Å². The van der Waals surface area contributed by atoms with Gasteiger partial charge in [0.1, 0.15) is 0 Å². The molecule has 0 unspecified atom stereocenters. The van der Waals surface area contributed by atoms with E-state index in [1.165, 1.54) is 0 Å². The zero-order chi connectivity index (χ0) is 13.5. The SMILES string of the molecule is CCOCCCC(=O)Nc1c(C)cc(Br)cc1N. The number of nitrogens with one attached hydrogen (secondary N) is 1. The summed E-state index contributed by atoms with van der Waals surface area (Å²) in [6.07, 6.45) is 1.16. The normalized spacial score (nSPS) is 10.4.